The molecule has 0 radical (unpaired) electrons. The average molecular weight is 351 g/mol. The summed E-state index contributed by atoms with van der Waals surface area (Å²) in [6, 6.07) is 20.7. The van der Waals surface area contributed by atoms with Crippen LogP contribution in [0.3, 0.4) is 0 Å². The maximum absolute atomic E-state index is 9.96. The van der Waals surface area contributed by atoms with Crippen LogP contribution in [0, 0.1) is 11.3 Å². The topological polar surface area (TPSA) is 84.5 Å². The first kappa shape index (κ1) is 15.3. The number of rotatable bonds is 1. The van der Waals surface area contributed by atoms with Gasteiger partial charge in [-0.05, 0) is 56.8 Å². The van der Waals surface area contributed by atoms with Crippen molar-refractivity contribution in [2.75, 3.05) is 0 Å². The van der Waals surface area contributed by atoms with Crippen LogP contribution in [0.2, 0.25) is 0 Å². The number of fused-ring (bicyclic) bond motifs is 3. The molecule has 0 aliphatic heterocycles. The molecule has 128 valence electrons. The van der Waals surface area contributed by atoms with Crippen LogP contribution in [0.25, 0.3) is 44.2 Å². The van der Waals surface area contributed by atoms with Crippen LogP contribution >= 0.6 is 0 Å². The Kier molecular flexibility index (Phi) is 2.98. The van der Waals surface area contributed by atoms with Crippen molar-refractivity contribution < 1.29 is 15.3 Å². The van der Waals surface area contributed by atoms with Crippen LogP contribution in [-0.4, -0.2) is 15.3 Å². The highest BCUT2D eigenvalue weighted by Crippen LogP contribution is 2.53. The Morgan fingerprint density at radius 2 is 1.33 bits per heavy atom. The highest BCUT2D eigenvalue weighted by Gasteiger charge is 2.27. The molecule has 0 spiro atoms. The molecule has 0 bridgehead atoms. The first-order chi connectivity index (χ1) is 13.1. The normalized spacial score (nSPS) is 11.4. The predicted molar refractivity (Wildman–Crippen MR) is 104 cm³/mol. The minimum absolute atomic E-state index is 0.392. The SMILES string of the molecule is N#Cc1ccc(-c2cc(O)c(O)c(O)c2)c2c1-c1cccc3cccc-2c13. The van der Waals surface area contributed by atoms with Crippen LogP contribution in [0.4, 0.5) is 0 Å². The largest absolute Gasteiger partial charge is 0.504 e. The zero-order chi connectivity index (χ0) is 18.7. The third-order valence-electron chi connectivity index (χ3n) is 5.15. The van der Waals surface area contributed by atoms with Crippen molar-refractivity contribution in [2.45, 2.75) is 0 Å². The molecule has 0 saturated heterocycles. The van der Waals surface area contributed by atoms with Gasteiger partial charge in [0, 0.05) is 5.56 Å². The van der Waals surface area contributed by atoms with Crippen molar-refractivity contribution in [3.05, 3.63) is 66.2 Å². The van der Waals surface area contributed by atoms with Gasteiger partial charge in [0.05, 0.1) is 11.6 Å². The van der Waals surface area contributed by atoms with Gasteiger partial charge >= 0.3 is 0 Å². The standard InChI is InChI=1S/C23H13NO3/c24-11-13-7-8-15(14-9-18(25)23(27)19(26)10-14)22-17-6-2-4-12-3-1-5-16(20(12)17)21(13)22/h1-10,25-27H. The van der Waals surface area contributed by atoms with Crippen molar-refractivity contribution in [1.82, 2.24) is 0 Å². The summed E-state index contributed by atoms with van der Waals surface area (Å²) < 4.78 is 0. The number of benzene rings is 4. The number of aromatic hydroxyl groups is 3. The number of phenols is 3. The summed E-state index contributed by atoms with van der Waals surface area (Å²) >= 11 is 0. The molecule has 4 heteroatoms. The summed E-state index contributed by atoms with van der Waals surface area (Å²) in [5, 5.41) is 41.4. The second-order valence-corrected chi connectivity index (χ2v) is 6.59. The predicted octanol–water partition coefficient (Wildman–Crippen LogP) is 5.14. The molecule has 0 heterocycles. The van der Waals surface area contributed by atoms with Crippen molar-refractivity contribution in [2.24, 2.45) is 0 Å². The van der Waals surface area contributed by atoms with Crippen LogP contribution in [0.5, 0.6) is 17.2 Å². The maximum atomic E-state index is 9.96. The van der Waals surface area contributed by atoms with Gasteiger partial charge in [0.2, 0.25) is 0 Å². The Morgan fingerprint density at radius 1 is 0.704 bits per heavy atom. The number of phenolic OH excluding ortho intramolecular Hbond substituents is 3. The second kappa shape index (κ2) is 5.26. The maximum Gasteiger partial charge on any atom is 0.200 e. The zero-order valence-corrected chi connectivity index (χ0v) is 14.1. The molecule has 5 rings (SSSR count). The third kappa shape index (κ3) is 1.97. The van der Waals surface area contributed by atoms with Gasteiger partial charge in [0.15, 0.2) is 17.2 Å². The highest BCUT2D eigenvalue weighted by molar-refractivity contribution is 6.19. The molecule has 0 unspecified atom stereocenters. The smallest absolute Gasteiger partial charge is 0.200 e. The van der Waals surface area contributed by atoms with E-state index in [0.717, 1.165) is 38.6 Å². The van der Waals surface area contributed by atoms with Gasteiger partial charge in [-0.15, -0.1) is 0 Å². The van der Waals surface area contributed by atoms with E-state index >= 15 is 0 Å². The van der Waals surface area contributed by atoms with E-state index in [1.165, 1.54) is 12.1 Å². The van der Waals surface area contributed by atoms with E-state index in [4.69, 9.17) is 0 Å². The highest BCUT2D eigenvalue weighted by atomic mass is 16.3. The lowest BCUT2D eigenvalue weighted by atomic mass is 9.90. The van der Waals surface area contributed by atoms with Gasteiger partial charge in [-0.3, -0.25) is 0 Å². The third-order valence-corrected chi connectivity index (χ3v) is 5.15. The Morgan fingerprint density at radius 3 is 1.96 bits per heavy atom. The second-order valence-electron chi connectivity index (χ2n) is 6.59. The van der Waals surface area contributed by atoms with E-state index in [-0.39, 0.29) is 0 Å². The number of hydrogen-bond acceptors (Lipinski definition) is 4. The Labute approximate surface area is 154 Å². The Hall–Kier alpha value is -3.97. The molecule has 4 aromatic rings. The van der Waals surface area contributed by atoms with Gasteiger partial charge in [-0.25, -0.2) is 0 Å². The average Bonchev–Trinajstić information content (AvgIpc) is 3.02. The molecule has 1 aliphatic carbocycles. The fourth-order valence-electron chi connectivity index (χ4n) is 4.01. The van der Waals surface area contributed by atoms with Gasteiger partial charge in [-0.2, -0.15) is 5.26 Å². The Balaban J connectivity index is 1.93. The number of nitrogens with zero attached hydrogens (tertiary/aromatic N) is 1. The molecule has 3 N–H and O–H groups in total. The van der Waals surface area contributed by atoms with E-state index in [1.54, 1.807) is 6.07 Å². The molecular weight excluding hydrogens is 338 g/mol. The van der Waals surface area contributed by atoms with Gasteiger partial charge in [0.25, 0.3) is 0 Å². The van der Waals surface area contributed by atoms with Crippen molar-refractivity contribution >= 4 is 10.8 Å². The van der Waals surface area contributed by atoms with Gasteiger partial charge in [0.1, 0.15) is 0 Å². The van der Waals surface area contributed by atoms with Crippen molar-refractivity contribution in [3.8, 4) is 56.7 Å². The van der Waals surface area contributed by atoms with Crippen LogP contribution in [0.15, 0.2) is 60.7 Å². The summed E-state index contributed by atoms with van der Waals surface area (Å²) in [5.74, 6) is -1.33. The molecule has 0 amide bonds. The fourth-order valence-corrected chi connectivity index (χ4v) is 4.01. The van der Waals surface area contributed by atoms with E-state index in [1.807, 2.05) is 42.5 Å². The zero-order valence-electron chi connectivity index (χ0n) is 14.1. The van der Waals surface area contributed by atoms with Crippen molar-refractivity contribution in [1.29, 1.82) is 5.26 Å². The summed E-state index contributed by atoms with van der Waals surface area (Å²) in [6.07, 6.45) is 0. The monoisotopic (exact) mass is 351 g/mol. The summed E-state index contributed by atoms with van der Waals surface area (Å²) in [7, 11) is 0. The lowest BCUT2D eigenvalue weighted by Crippen LogP contribution is -1.89. The Bertz CT molecular complexity index is 1290. The lowest BCUT2D eigenvalue weighted by Gasteiger charge is -2.13. The number of nitriles is 1. The molecule has 0 aromatic heterocycles. The van der Waals surface area contributed by atoms with E-state index in [9.17, 15) is 20.6 Å². The molecular formula is C23H13NO3. The van der Waals surface area contributed by atoms with Gasteiger partial charge < -0.3 is 15.3 Å². The quantitative estimate of drug-likeness (QED) is 0.365. The van der Waals surface area contributed by atoms with E-state index < -0.39 is 17.2 Å². The fraction of sp³-hybridized carbons (Fsp3) is 0. The first-order valence-electron chi connectivity index (χ1n) is 8.45. The first-order valence-corrected chi connectivity index (χ1v) is 8.45. The molecule has 0 atom stereocenters. The molecule has 0 fully saturated rings. The van der Waals surface area contributed by atoms with E-state index in [0.29, 0.717) is 11.1 Å². The molecule has 0 saturated carbocycles. The molecule has 1 aliphatic rings. The minimum atomic E-state index is -0.547. The van der Waals surface area contributed by atoms with Crippen LogP contribution < -0.4 is 0 Å². The molecule has 4 aromatic carbocycles. The summed E-state index contributed by atoms with van der Waals surface area (Å²) in [5.41, 5.74) is 5.68. The summed E-state index contributed by atoms with van der Waals surface area (Å²) in [6.45, 7) is 0. The summed E-state index contributed by atoms with van der Waals surface area (Å²) in [4.78, 5) is 0. The molecule has 27 heavy (non-hydrogen) atoms. The van der Waals surface area contributed by atoms with Crippen molar-refractivity contribution in [3.63, 3.8) is 0 Å². The molecule has 4 nitrogen and oxygen atoms in total. The van der Waals surface area contributed by atoms with Crippen LogP contribution in [0.1, 0.15) is 5.56 Å². The minimum Gasteiger partial charge on any atom is -0.504 e. The number of hydrogen-bond donors (Lipinski definition) is 3. The lowest BCUT2D eigenvalue weighted by molar-refractivity contribution is 0.368. The van der Waals surface area contributed by atoms with E-state index in [2.05, 4.69) is 6.07 Å². The van der Waals surface area contributed by atoms with Crippen LogP contribution in [-0.2, 0) is 0 Å². The van der Waals surface area contributed by atoms with Gasteiger partial charge in [-0.1, -0.05) is 42.5 Å².